The molecule has 134 valence electrons. The van der Waals surface area contributed by atoms with Crippen molar-refractivity contribution in [2.45, 2.75) is 33.4 Å². The Morgan fingerprint density at radius 3 is 2.52 bits per heavy atom. The molecule has 2 rings (SSSR count). The average molecular weight is 343 g/mol. The molecule has 0 bridgehead atoms. The number of aromatic nitrogens is 1. The molecular formula is C19H25N3O3. The molecule has 2 atom stereocenters. The van der Waals surface area contributed by atoms with Gasteiger partial charge in [0.05, 0.1) is 6.54 Å². The van der Waals surface area contributed by atoms with Gasteiger partial charge in [0.25, 0.3) is 5.56 Å². The number of carbonyl (C=O) groups excluding carboxylic acids is 1. The maximum atomic E-state index is 12.5. The first-order valence-electron chi connectivity index (χ1n) is 8.34. The molecule has 25 heavy (non-hydrogen) atoms. The fourth-order valence-electron chi connectivity index (χ4n) is 2.31. The van der Waals surface area contributed by atoms with E-state index >= 15 is 0 Å². The van der Waals surface area contributed by atoms with Crippen LogP contribution in [0.3, 0.4) is 0 Å². The van der Waals surface area contributed by atoms with Gasteiger partial charge in [0, 0.05) is 18.8 Å². The highest BCUT2D eigenvalue weighted by Crippen LogP contribution is 2.06. The molecule has 0 aliphatic heterocycles. The lowest BCUT2D eigenvalue weighted by Crippen LogP contribution is -2.41. The van der Waals surface area contributed by atoms with Crippen LogP contribution in [-0.2, 0) is 6.54 Å². The number of aryl methyl sites for hydroxylation is 1. The van der Waals surface area contributed by atoms with Crippen LogP contribution in [0.25, 0.3) is 0 Å². The number of aliphatic hydroxyl groups excluding tert-OH is 1. The largest absolute Gasteiger partial charge is 0.396 e. The fraction of sp³-hybridized carbons (Fsp3) is 0.368. The summed E-state index contributed by atoms with van der Waals surface area (Å²) in [5.41, 5.74) is 2.13. The summed E-state index contributed by atoms with van der Waals surface area (Å²) in [4.78, 5) is 24.6. The molecule has 0 spiro atoms. The number of pyridine rings is 1. The van der Waals surface area contributed by atoms with Crippen LogP contribution in [-0.4, -0.2) is 28.4 Å². The van der Waals surface area contributed by atoms with Gasteiger partial charge >= 0.3 is 6.03 Å². The molecule has 0 radical (unpaired) electrons. The Balaban J connectivity index is 2.08. The first-order chi connectivity index (χ1) is 11.9. The SMILES string of the molecule is Cc1ccc(Cn2cccc(NC(=O)NC(C)C(C)CO)c2=O)cc1. The predicted molar refractivity (Wildman–Crippen MR) is 98.8 cm³/mol. The first-order valence-corrected chi connectivity index (χ1v) is 8.34. The summed E-state index contributed by atoms with van der Waals surface area (Å²) >= 11 is 0. The van der Waals surface area contributed by atoms with Crippen molar-refractivity contribution in [3.8, 4) is 0 Å². The number of nitrogens with one attached hydrogen (secondary N) is 2. The van der Waals surface area contributed by atoms with E-state index in [2.05, 4.69) is 10.6 Å². The molecule has 0 saturated carbocycles. The van der Waals surface area contributed by atoms with E-state index in [1.54, 1.807) is 29.8 Å². The van der Waals surface area contributed by atoms with Gasteiger partial charge in [-0.25, -0.2) is 4.79 Å². The third kappa shape index (κ3) is 5.19. The molecule has 0 aliphatic carbocycles. The Labute approximate surface area is 147 Å². The van der Waals surface area contributed by atoms with Crippen LogP contribution in [0.1, 0.15) is 25.0 Å². The number of nitrogens with zero attached hydrogens (tertiary/aromatic N) is 1. The van der Waals surface area contributed by atoms with E-state index in [1.807, 2.05) is 38.1 Å². The second-order valence-corrected chi connectivity index (χ2v) is 6.39. The molecule has 1 heterocycles. The van der Waals surface area contributed by atoms with Gasteiger partial charge in [0.15, 0.2) is 0 Å². The van der Waals surface area contributed by atoms with E-state index in [4.69, 9.17) is 5.11 Å². The maximum Gasteiger partial charge on any atom is 0.319 e. The van der Waals surface area contributed by atoms with Gasteiger partial charge in [-0.15, -0.1) is 0 Å². The monoisotopic (exact) mass is 343 g/mol. The van der Waals surface area contributed by atoms with E-state index < -0.39 is 6.03 Å². The van der Waals surface area contributed by atoms with E-state index in [9.17, 15) is 9.59 Å². The summed E-state index contributed by atoms with van der Waals surface area (Å²) < 4.78 is 1.56. The van der Waals surface area contributed by atoms with E-state index in [1.165, 1.54) is 0 Å². The van der Waals surface area contributed by atoms with Crippen molar-refractivity contribution >= 4 is 11.7 Å². The number of aliphatic hydroxyl groups is 1. The van der Waals surface area contributed by atoms with Crippen LogP contribution in [0.2, 0.25) is 0 Å². The van der Waals surface area contributed by atoms with Gasteiger partial charge in [-0.3, -0.25) is 4.79 Å². The van der Waals surface area contributed by atoms with Crippen molar-refractivity contribution in [1.82, 2.24) is 9.88 Å². The number of benzene rings is 1. The lowest BCUT2D eigenvalue weighted by molar-refractivity contribution is 0.204. The molecule has 2 aromatic rings. The van der Waals surface area contributed by atoms with Gasteiger partial charge in [0.1, 0.15) is 5.69 Å². The van der Waals surface area contributed by atoms with Crippen LogP contribution < -0.4 is 16.2 Å². The average Bonchev–Trinajstić information content (AvgIpc) is 2.59. The van der Waals surface area contributed by atoms with Crippen molar-refractivity contribution < 1.29 is 9.90 Å². The highest BCUT2D eigenvalue weighted by Gasteiger charge is 2.15. The second-order valence-electron chi connectivity index (χ2n) is 6.39. The molecule has 1 aromatic heterocycles. The molecule has 2 amide bonds. The summed E-state index contributed by atoms with van der Waals surface area (Å²) in [5, 5.41) is 14.4. The lowest BCUT2D eigenvalue weighted by atomic mass is 10.1. The predicted octanol–water partition coefficient (Wildman–Crippen LogP) is 2.34. The molecule has 6 nitrogen and oxygen atoms in total. The normalized spacial score (nSPS) is 13.1. The van der Waals surface area contributed by atoms with Crippen LogP contribution in [0, 0.1) is 12.8 Å². The minimum Gasteiger partial charge on any atom is -0.396 e. The molecule has 0 aliphatic rings. The Kier molecular flexibility index (Phi) is 6.36. The summed E-state index contributed by atoms with van der Waals surface area (Å²) in [6, 6.07) is 10.6. The van der Waals surface area contributed by atoms with Gasteiger partial charge in [0.2, 0.25) is 0 Å². The summed E-state index contributed by atoms with van der Waals surface area (Å²) in [7, 11) is 0. The van der Waals surface area contributed by atoms with Crippen molar-refractivity contribution in [3.05, 3.63) is 64.1 Å². The van der Waals surface area contributed by atoms with Crippen LogP contribution in [0.15, 0.2) is 47.4 Å². The van der Waals surface area contributed by atoms with Crippen LogP contribution in [0.5, 0.6) is 0 Å². The number of urea groups is 1. The molecule has 1 aromatic carbocycles. The summed E-state index contributed by atoms with van der Waals surface area (Å²) in [5.74, 6) is -0.0697. The van der Waals surface area contributed by atoms with Crippen LogP contribution >= 0.6 is 0 Å². The minimum atomic E-state index is -0.460. The Bertz CT molecular complexity index is 768. The standard InChI is InChI=1S/C19H25N3O3/c1-13-6-8-16(9-7-13)11-22-10-4-5-17(18(22)24)21-19(25)20-15(3)14(2)12-23/h4-10,14-15,23H,11-12H2,1-3H3,(H2,20,21,25). The van der Waals surface area contributed by atoms with Crippen molar-refractivity contribution in [2.24, 2.45) is 5.92 Å². The van der Waals surface area contributed by atoms with Gasteiger partial charge in [-0.2, -0.15) is 0 Å². The zero-order valence-corrected chi connectivity index (χ0v) is 14.8. The quantitative estimate of drug-likeness (QED) is 0.753. The third-order valence-electron chi connectivity index (χ3n) is 4.24. The smallest absolute Gasteiger partial charge is 0.319 e. The number of carbonyl (C=O) groups is 1. The molecule has 0 saturated heterocycles. The lowest BCUT2D eigenvalue weighted by Gasteiger charge is -2.19. The highest BCUT2D eigenvalue weighted by molar-refractivity contribution is 5.89. The van der Waals surface area contributed by atoms with Gasteiger partial charge in [-0.1, -0.05) is 36.8 Å². The van der Waals surface area contributed by atoms with E-state index in [0.717, 1.165) is 11.1 Å². The number of amides is 2. The Hall–Kier alpha value is -2.60. The van der Waals surface area contributed by atoms with E-state index in [0.29, 0.717) is 6.54 Å². The molecule has 2 unspecified atom stereocenters. The first kappa shape index (κ1) is 18.7. The Morgan fingerprint density at radius 1 is 1.20 bits per heavy atom. The number of hydrogen-bond donors (Lipinski definition) is 3. The molecule has 0 fully saturated rings. The second kappa shape index (κ2) is 8.48. The van der Waals surface area contributed by atoms with Crippen molar-refractivity contribution in [1.29, 1.82) is 0 Å². The number of hydrogen-bond acceptors (Lipinski definition) is 3. The number of anilines is 1. The fourth-order valence-corrected chi connectivity index (χ4v) is 2.31. The number of rotatable bonds is 6. The van der Waals surface area contributed by atoms with Crippen molar-refractivity contribution in [3.63, 3.8) is 0 Å². The highest BCUT2D eigenvalue weighted by atomic mass is 16.3. The molecule has 6 heteroatoms. The van der Waals surface area contributed by atoms with E-state index in [-0.39, 0.29) is 29.8 Å². The van der Waals surface area contributed by atoms with Crippen LogP contribution in [0.4, 0.5) is 10.5 Å². The molecule has 3 N–H and O–H groups in total. The summed E-state index contributed by atoms with van der Waals surface area (Å²) in [6.07, 6.45) is 1.70. The van der Waals surface area contributed by atoms with Crippen molar-refractivity contribution in [2.75, 3.05) is 11.9 Å². The maximum absolute atomic E-state index is 12.5. The topological polar surface area (TPSA) is 83.4 Å². The zero-order chi connectivity index (χ0) is 18.4. The summed E-state index contributed by atoms with van der Waals surface area (Å²) in [6.45, 7) is 6.07. The Morgan fingerprint density at radius 2 is 1.88 bits per heavy atom. The van der Waals surface area contributed by atoms with Gasteiger partial charge < -0.3 is 20.3 Å². The van der Waals surface area contributed by atoms with Gasteiger partial charge in [-0.05, 0) is 37.5 Å². The molecular weight excluding hydrogens is 318 g/mol. The minimum absolute atomic E-state index is 0.0177. The zero-order valence-electron chi connectivity index (χ0n) is 14.8. The third-order valence-corrected chi connectivity index (χ3v) is 4.24.